The van der Waals surface area contributed by atoms with E-state index in [9.17, 15) is 14.4 Å². The molecule has 0 unspecified atom stereocenters. The summed E-state index contributed by atoms with van der Waals surface area (Å²) in [5, 5.41) is 3.57. The summed E-state index contributed by atoms with van der Waals surface area (Å²) in [5.41, 5.74) is 4.97. The van der Waals surface area contributed by atoms with Crippen LogP contribution in [0.15, 0.2) is 78.0 Å². The van der Waals surface area contributed by atoms with E-state index >= 15 is 0 Å². The highest BCUT2D eigenvalue weighted by Crippen LogP contribution is 2.48. The van der Waals surface area contributed by atoms with Crippen LogP contribution >= 0.6 is 0 Å². The van der Waals surface area contributed by atoms with Gasteiger partial charge in [0.15, 0.2) is 17.3 Å². The van der Waals surface area contributed by atoms with Crippen molar-refractivity contribution in [1.82, 2.24) is 0 Å². The van der Waals surface area contributed by atoms with Crippen LogP contribution in [0.2, 0.25) is 0 Å². The van der Waals surface area contributed by atoms with Gasteiger partial charge >= 0.3 is 5.97 Å². The van der Waals surface area contributed by atoms with E-state index in [0.717, 1.165) is 47.5 Å². The van der Waals surface area contributed by atoms with Crippen LogP contribution < -0.4 is 19.7 Å². The molecule has 2 atom stereocenters. The number of carbonyl (C=O) groups is 3. The van der Waals surface area contributed by atoms with E-state index in [1.807, 2.05) is 54.6 Å². The topological polar surface area (TPSA) is 94.2 Å². The van der Waals surface area contributed by atoms with E-state index in [0.29, 0.717) is 35.5 Å². The van der Waals surface area contributed by atoms with Crippen molar-refractivity contribution in [3.05, 3.63) is 94.7 Å². The molecule has 0 fully saturated rings. The molecule has 224 valence electrons. The van der Waals surface area contributed by atoms with Crippen LogP contribution in [0.4, 0.5) is 11.4 Å². The van der Waals surface area contributed by atoms with Gasteiger partial charge in [-0.3, -0.25) is 14.5 Å². The minimum Gasteiger partial charge on any atom is -0.493 e. The fourth-order valence-corrected chi connectivity index (χ4v) is 6.09. The van der Waals surface area contributed by atoms with E-state index < -0.39 is 12.0 Å². The van der Waals surface area contributed by atoms with Gasteiger partial charge in [0.2, 0.25) is 5.91 Å². The number of nitrogens with zero attached hydrogens (tertiary/aromatic N) is 1. The molecule has 1 aliphatic carbocycles. The number of methoxy groups -OCH3 is 3. The Labute approximate surface area is 252 Å². The number of nitrogens with one attached hydrogen (secondary N) is 1. The molecule has 43 heavy (non-hydrogen) atoms. The maximum absolute atomic E-state index is 14.3. The smallest absolute Gasteiger partial charge is 0.337 e. The summed E-state index contributed by atoms with van der Waals surface area (Å²) in [6, 6.07) is 19.8. The van der Waals surface area contributed by atoms with Crippen LogP contribution in [0, 0.1) is 0 Å². The average molecular weight is 583 g/mol. The molecule has 1 amide bonds. The zero-order valence-electron chi connectivity index (χ0n) is 25.1. The minimum atomic E-state index is -0.661. The number of hydrogen-bond acceptors (Lipinski definition) is 7. The third kappa shape index (κ3) is 6.00. The largest absolute Gasteiger partial charge is 0.493 e. The fraction of sp³-hybridized carbons (Fsp3) is 0.343. The molecule has 2 aliphatic rings. The zero-order chi connectivity index (χ0) is 30.5. The van der Waals surface area contributed by atoms with Crippen LogP contribution in [-0.2, 0) is 14.3 Å². The number of Topliss-reactive ketones (excluding diaryl/α,β-unsaturated/α-hetero) is 1. The van der Waals surface area contributed by atoms with Crippen molar-refractivity contribution in [2.75, 3.05) is 31.5 Å². The van der Waals surface area contributed by atoms with Crippen LogP contribution in [0.25, 0.3) is 0 Å². The van der Waals surface area contributed by atoms with Gasteiger partial charge in [-0.1, -0.05) is 50.1 Å². The molecule has 1 heterocycles. The number of allylic oxidation sites excluding steroid dienone is 1. The third-order valence-corrected chi connectivity index (χ3v) is 8.28. The molecule has 0 spiro atoms. The van der Waals surface area contributed by atoms with Crippen molar-refractivity contribution in [2.24, 2.45) is 0 Å². The molecular weight excluding hydrogens is 544 g/mol. The molecule has 0 saturated heterocycles. The number of ether oxygens (including phenoxy) is 3. The standard InChI is InChI=1S/C35H38N2O6/c1-5-6-7-12-32(39)37-28-11-9-8-10-26(28)36-27-19-25(24-17-18-30(41-2)31(21-24)42-3)20-29(38)33(27)34(37)22-13-15-23(16-14-22)35(40)43-4/h8-11,13-18,21,25,34,36H,5-7,12,19-20H2,1-4H3/t25-,34+/m0/s1. The van der Waals surface area contributed by atoms with E-state index in [4.69, 9.17) is 14.2 Å². The van der Waals surface area contributed by atoms with Gasteiger partial charge in [0.05, 0.1) is 44.3 Å². The Kier molecular flexibility index (Phi) is 9.14. The Bertz CT molecular complexity index is 1540. The third-order valence-electron chi connectivity index (χ3n) is 8.28. The first kappa shape index (κ1) is 29.9. The second kappa shape index (κ2) is 13.2. The Morgan fingerprint density at radius 3 is 2.30 bits per heavy atom. The molecule has 3 aromatic rings. The highest BCUT2D eigenvalue weighted by atomic mass is 16.5. The first-order chi connectivity index (χ1) is 20.9. The van der Waals surface area contributed by atoms with Crippen LogP contribution in [-0.4, -0.2) is 39.0 Å². The van der Waals surface area contributed by atoms with Gasteiger partial charge in [0.1, 0.15) is 0 Å². The van der Waals surface area contributed by atoms with Gasteiger partial charge in [-0.25, -0.2) is 4.79 Å². The summed E-state index contributed by atoms with van der Waals surface area (Å²) in [6.45, 7) is 2.11. The first-order valence-electron chi connectivity index (χ1n) is 14.7. The van der Waals surface area contributed by atoms with E-state index in [1.54, 1.807) is 31.3 Å². The summed E-state index contributed by atoms with van der Waals surface area (Å²) in [7, 11) is 4.53. The van der Waals surface area contributed by atoms with Gasteiger partial charge < -0.3 is 19.5 Å². The Morgan fingerprint density at radius 2 is 1.60 bits per heavy atom. The number of amides is 1. The Morgan fingerprint density at radius 1 is 0.884 bits per heavy atom. The number of ketones is 1. The number of fused-ring (bicyclic) bond motifs is 1. The number of hydrogen-bond donors (Lipinski definition) is 1. The molecule has 3 aromatic carbocycles. The summed E-state index contributed by atoms with van der Waals surface area (Å²) >= 11 is 0. The second-order valence-corrected chi connectivity index (χ2v) is 10.9. The SMILES string of the molecule is CCCCCC(=O)N1c2ccccc2NC2=C(C(=O)C[C@@H](c3ccc(OC)c(OC)c3)C2)[C@H]1c1ccc(C(=O)OC)cc1. The van der Waals surface area contributed by atoms with Crippen molar-refractivity contribution >= 4 is 29.0 Å². The predicted molar refractivity (Wildman–Crippen MR) is 166 cm³/mol. The molecule has 1 aliphatic heterocycles. The summed E-state index contributed by atoms with van der Waals surface area (Å²) in [4.78, 5) is 42.3. The molecule has 8 nitrogen and oxygen atoms in total. The van der Waals surface area contributed by atoms with E-state index in [1.165, 1.54) is 7.11 Å². The zero-order valence-corrected chi connectivity index (χ0v) is 25.1. The molecule has 0 aromatic heterocycles. The molecule has 8 heteroatoms. The number of carbonyl (C=O) groups excluding carboxylic acids is 3. The lowest BCUT2D eigenvalue weighted by Crippen LogP contribution is -2.38. The van der Waals surface area contributed by atoms with Crippen molar-refractivity contribution in [1.29, 1.82) is 0 Å². The van der Waals surface area contributed by atoms with Crippen molar-refractivity contribution in [3.63, 3.8) is 0 Å². The van der Waals surface area contributed by atoms with E-state index in [-0.39, 0.29) is 24.0 Å². The number of rotatable bonds is 9. The summed E-state index contributed by atoms with van der Waals surface area (Å²) in [6.07, 6.45) is 3.91. The van der Waals surface area contributed by atoms with Gasteiger partial charge in [-0.05, 0) is 66.3 Å². The second-order valence-electron chi connectivity index (χ2n) is 10.9. The van der Waals surface area contributed by atoms with Gasteiger partial charge in [0.25, 0.3) is 0 Å². The van der Waals surface area contributed by atoms with Crippen molar-refractivity contribution in [3.8, 4) is 11.5 Å². The maximum Gasteiger partial charge on any atom is 0.337 e. The monoisotopic (exact) mass is 582 g/mol. The van der Waals surface area contributed by atoms with E-state index in [2.05, 4.69) is 12.2 Å². The predicted octanol–water partition coefficient (Wildman–Crippen LogP) is 6.97. The lowest BCUT2D eigenvalue weighted by atomic mass is 9.78. The molecule has 0 saturated carbocycles. The first-order valence-corrected chi connectivity index (χ1v) is 14.7. The highest BCUT2D eigenvalue weighted by Gasteiger charge is 2.41. The fourth-order valence-electron chi connectivity index (χ4n) is 6.09. The van der Waals surface area contributed by atoms with Gasteiger partial charge in [-0.15, -0.1) is 0 Å². The molecule has 0 bridgehead atoms. The van der Waals surface area contributed by atoms with Gasteiger partial charge in [-0.2, -0.15) is 0 Å². The Hall–Kier alpha value is -4.59. The molecule has 0 radical (unpaired) electrons. The number of anilines is 2. The average Bonchev–Trinajstić information content (AvgIpc) is 3.19. The van der Waals surface area contributed by atoms with Crippen molar-refractivity contribution < 1.29 is 28.6 Å². The van der Waals surface area contributed by atoms with Crippen molar-refractivity contribution in [2.45, 2.75) is 57.4 Å². The lowest BCUT2D eigenvalue weighted by molar-refractivity contribution is -0.119. The lowest BCUT2D eigenvalue weighted by Gasteiger charge is -2.35. The minimum absolute atomic E-state index is 0.0326. The van der Waals surface area contributed by atoms with Crippen LogP contribution in [0.3, 0.4) is 0 Å². The molecule has 1 N–H and O–H groups in total. The number of unbranched alkanes of at least 4 members (excludes halogenated alkanes) is 2. The number of para-hydroxylation sites is 2. The summed E-state index contributed by atoms with van der Waals surface area (Å²) in [5.74, 6) is 0.614. The summed E-state index contributed by atoms with van der Waals surface area (Å²) < 4.78 is 15.9. The maximum atomic E-state index is 14.3. The van der Waals surface area contributed by atoms with Crippen LogP contribution in [0.5, 0.6) is 11.5 Å². The number of esters is 1. The molecular formula is C35H38N2O6. The Balaban J connectivity index is 1.64. The molecule has 5 rings (SSSR count). The highest BCUT2D eigenvalue weighted by molar-refractivity contribution is 6.06. The van der Waals surface area contributed by atoms with Crippen LogP contribution in [0.1, 0.15) is 78.9 Å². The number of benzene rings is 3. The quantitative estimate of drug-likeness (QED) is 0.215. The van der Waals surface area contributed by atoms with Gasteiger partial charge in [0, 0.05) is 24.1 Å². The normalized spacial score (nSPS) is 17.8.